The highest BCUT2D eigenvalue weighted by molar-refractivity contribution is 5.91. The summed E-state index contributed by atoms with van der Waals surface area (Å²) in [5.41, 5.74) is 5.42. The lowest BCUT2D eigenvalue weighted by atomic mass is 10.0. The predicted molar refractivity (Wildman–Crippen MR) is 88.4 cm³/mol. The fourth-order valence-electron chi connectivity index (χ4n) is 2.47. The molecule has 0 unspecified atom stereocenters. The van der Waals surface area contributed by atoms with Gasteiger partial charge in [0.1, 0.15) is 12.1 Å². The van der Waals surface area contributed by atoms with Gasteiger partial charge >= 0.3 is 0 Å². The van der Waals surface area contributed by atoms with Crippen LogP contribution in [0.1, 0.15) is 46.5 Å². The predicted octanol–water partition coefficient (Wildman–Crippen LogP) is 0.354. The second-order valence-corrected chi connectivity index (χ2v) is 6.28. The lowest BCUT2D eigenvalue weighted by Gasteiger charge is -2.34. The molecule has 134 valence electrons. The number of rotatable bonds is 10. The highest BCUT2D eigenvalue weighted by Crippen LogP contribution is 2.15. The van der Waals surface area contributed by atoms with Crippen molar-refractivity contribution in [2.45, 2.75) is 58.5 Å². The van der Waals surface area contributed by atoms with Gasteiger partial charge < -0.3 is 20.6 Å². The minimum Gasteiger partial charge on any atom is -0.396 e. The fraction of sp³-hybridized carbons (Fsp3) is 0.812. The van der Waals surface area contributed by atoms with Crippen molar-refractivity contribution in [1.29, 1.82) is 0 Å². The number of primary amides is 1. The maximum absolute atomic E-state index is 12.7. The van der Waals surface area contributed by atoms with E-state index >= 15 is 0 Å². The van der Waals surface area contributed by atoms with Crippen LogP contribution in [-0.4, -0.2) is 65.4 Å². The second kappa shape index (κ2) is 10.2. The van der Waals surface area contributed by atoms with Crippen molar-refractivity contribution in [1.82, 2.24) is 9.80 Å². The maximum Gasteiger partial charge on any atom is 0.245 e. The monoisotopic (exact) mass is 329 g/mol. The Hall–Kier alpha value is -1.63. The molecular weight excluding hydrogens is 298 g/mol. The van der Waals surface area contributed by atoms with Crippen LogP contribution in [0, 0.1) is 5.92 Å². The van der Waals surface area contributed by atoms with Crippen LogP contribution in [0.5, 0.6) is 0 Å². The zero-order valence-electron chi connectivity index (χ0n) is 14.9. The number of aliphatic hydroxyl groups excluding tert-OH is 1. The van der Waals surface area contributed by atoms with Crippen LogP contribution in [0.15, 0.2) is 0 Å². The molecule has 0 aliphatic rings. The number of carbonyl (C=O) groups excluding carboxylic acids is 3. The maximum atomic E-state index is 12.7. The Bertz CT molecular complexity index is 412. The van der Waals surface area contributed by atoms with Crippen LogP contribution in [0.3, 0.4) is 0 Å². The number of hydrogen-bond donors (Lipinski definition) is 2. The Morgan fingerprint density at radius 1 is 1.09 bits per heavy atom. The molecule has 0 aromatic rings. The number of likely N-dealkylation sites (N-methyl/N-ethyl adjacent to an activating group) is 2. The fourth-order valence-corrected chi connectivity index (χ4v) is 2.47. The van der Waals surface area contributed by atoms with Crippen molar-refractivity contribution < 1.29 is 19.5 Å². The number of nitrogens with two attached hydrogens (primary N) is 1. The molecule has 0 aliphatic carbocycles. The molecule has 23 heavy (non-hydrogen) atoms. The third-order valence-corrected chi connectivity index (χ3v) is 3.85. The average molecular weight is 329 g/mol. The highest BCUT2D eigenvalue weighted by Gasteiger charge is 2.33. The van der Waals surface area contributed by atoms with Crippen molar-refractivity contribution in [2.75, 3.05) is 20.7 Å². The Kier molecular flexibility index (Phi) is 9.48. The first-order valence-corrected chi connectivity index (χ1v) is 8.09. The van der Waals surface area contributed by atoms with Gasteiger partial charge in [0.25, 0.3) is 0 Å². The molecule has 7 heteroatoms. The van der Waals surface area contributed by atoms with E-state index in [-0.39, 0.29) is 30.8 Å². The number of hydrogen-bond acceptors (Lipinski definition) is 4. The van der Waals surface area contributed by atoms with Crippen LogP contribution < -0.4 is 5.73 Å². The smallest absolute Gasteiger partial charge is 0.245 e. The molecule has 0 spiro atoms. The summed E-state index contributed by atoms with van der Waals surface area (Å²) in [6.45, 7) is 5.54. The summed E-state index contributed by atoms with van der Waals surface area (Å²) in [7, 11) is 3.06. The van der Waals surface area contributed by atoms with E-state index < -0.39 is 18.0 Å². The first-order valence-electron chi connectivity index (χ1n) is 8.09. The topological polar surface area (TPSA) is 104 Å². The summed E-state index contributed by atoms with van der Waals surface area (Å²) in [6, 6.07) is -1.52. The van der Waals surface area contributed by atoms with Crippen molar-refractivity contribution in [3.63, 3.8) is 0 Å². The van der Waals surface area contributed by atoms with E-state index in [0.717, 1.165) is 0 Å². The second-order valence-electron chi connectivity index (χ2n) is 6.28. The lowest BCUT2D eigenvalue weighted by molar-refractivity contribution is -0.148. The molecule has 0 saturated heterocycles. The Balaban J connectivity index is 5.26. The molecule has 0 radical (unpaired) electrons. The number of aliphatic hydroxyl groups is 1. The van der Waals surface area contributed by atoms with E-state index in [0.29, 0.717) is 19.3 Å². The molecule has 0 fully saturated rings. The summed E-state index contributed by atoms with van der Waals surface area (Å²) in [5, 5.41) is 9.22. The van der Waals surface area contributed by atoms with Gasteiger partial charge in [-0.2, -0.15) is 0 Å². The average Bonchev–Trinajstić information content (AvgIpc) is 2.48. The third kappa shape index (κ3) is 6.56. The van der Waals surface area contributed by atoms with Crippen LogP contribution in [0.25, 0.3) is 0 Å². The zero-order valence-corrected chi connectivity index (χ0v) is 14.9. The summed E-state index contributed by atoms with van der Waals surface area (Å²) in [4.78, 5) is 39.1. The zero-order chi connectivity index (χ0) is 18.2. The molecule has 7 nitrogen and oxygen atoms in total. The van der Waals surface area contributed by atoms with Crippen molar-refractivity contribution in [3.8, 4) is 0 Å². The van der Waals surface area contributed by atoms with Gasteiger partial charge in [-0.25, -0.2) is 0 Å². The van der Waals surface area contributed by atoms with Gasteiger partial charge in [-0.15, -0.1) is 0 Å². The molecule has 0 heterocycles. The van der Waals surface area contributed by atoms with Crippen LogP contribution in [-0.2, 0) is 14.4 Å². The molecule has 3 amide bonds. The van der Waals surface area contributed by atoms with Gasteiger partial charge in [0.2, 0.25) is 17.7 Å². The normalized spacial score (nSPS) is 13.5. The van der Waals surface area contributed by atoms with Gasteiger partial charge in [-0.1, -0.05) is 20.8 Å². The van der Waals surface area contributed by atoms with Crippen LogP contribution in [0.2, 0.25) is 0 Å². The number of nitrogens with zero attached hydrogens (tertiary/aromatic N) is 2. The minimum absolute atomic E-state index is 0.127. The van der Waals surface area contributed by atoms with Crippen LogP contribution >= 0.6 is 0 Å². The molecular formula is C16H31N3O4. The van der Waals surface area contributed by atoms with E-state index in [1.54, 1.807) is 7.05 Å². The molecule has 3 N–H and O–H groups in total. The van der Waals surface area contributed by atoms with Crippen molar-refractivity contribution in [2.24, 2.45) is 11.7 Å². The minimum atomic E-state index is -0.793. The Morgan fingerprint density at radius 3 is 2.04 bits per heavy atom. The molecule has 0 bridgehead atoms. The van der Waals surface area contributed by atoms with Gasteiger partial charge in [-0.05, 0) is 25.2 Å². The van der Waals surface area contributed by atoms with E-state index in [4.69, 9.17) is 5.73 Å². The van der Waals surface area contributed by atoms with Gasteiger partial charge in [0, 0.05) is 27.1 Å². The van der Waals surface area contributed by atoms with Gasteiger partial charge in [0.05, 0.1) is 0 Å². The van der Waals surface area contributed by atoms with E-state index in [9.17, 15) is 19.5 Å². The summed E-state index contributed by atoms with van der Waals surface area (Å²) in [5.74, 6) is -0.916. The number of carbonyl (C=O) groups is 3. The van der Waals surface area contributed by atoms with Crippen molar-refractivity contribution in [3.05, 3.63) is 0 Å². The Morgan fingerprint density at radius 2 is 1.65 bits per heavy atom. The van der Waals surface area contributed by atoms with Crippen LogP contribution in [0.4, 0.5) is 0 Å². The molecule has 2 atom stereocenters. The third-order valence-electron chi connectivity index (χ3n) is 3.85. The summed E-state index contributed by atoms with van der Waals surface area (Å²) >= 11 is 0. The van der Waals surface area contributed by atoms with E-state index in [1.165, 1.54) is 16.8 Å². The van der Waals surface area contributed by atoms with Gasteiger partial charge in [-0.3, -0.25) is 14.4 Å². The molecule has 0 aromatic carbocycles. The molecule has 0 saturated carbocycles. The van der Waals surface area contributed by atoms with E-state index in [2.05, 4.69) is 0 Å². The SMILES string of the molecule is CCCC(=O)N(C)[C@@H](CCO)C(=O)N(C)[C@@H](CC(C)C)C(N)=O. The van der Waals surface area contributed by atoms with Crippen molar-refractivity contribution >= 4 is 17.7 Å². The highest BCUT2D eigenvalue weighted by atomic mass is 16.3. The number of amides is 3. The first kappa shape index (κ1) is 21.4. The molecule has 0 aliphatic heterocycles. The molecule has 0 aromatic heterocycles. The van der Waals surface area contributed by atoms with E-state index in [1.807, 2.05) is 20.8 Å². The summed E-state index contributed by atoms with van der Waals surface area (Å²) in [6.07, 6.45) is 1.59. The quantitative estimate of drug-likeness (QED) is 0.603. The largest absolute Gasteiger partial charge is 0.396 e. The first-order chi connectivity index (χ1) is 10.7. The Labute approximate surface area is 138 Å². The molecule has 0 rings (SSSR count). The van der Waals surface area contributed by atoms with Gasteiger partial charge in [0.15, 0.2) is 0 Å². The standard InChI is InChI=1S/C16H31N3O4/c1-6-7-14(21)18(4)12(8-9-20)16(23)19(5)13(15(17)22)10-11(2)3/h11-13,20H,6-10H2,1-5H3,(H2,17,22)/t12-,13-/m0/s1. The summed E-state index contributed by atoms with van der Waals surface area (Å²) < 4.78 is 0. The lowest BCUT2D eigenvalue weighted by Crippen LogP contribution is -2.54.